The topological polar surface area (TPSA) is 99.1 Å². The van der Waals surface area contributed by atoms with E-state index >= 15 is 0 Å². The van der Waals surface area contributed by atoms with Crippen LogP contribution in [-0.2, 0) is 28.6 Å². The summed E-state index contributed by atoms with van der Waals surface area (Å²) in [7, 11) is 1.26. The zero-order valence-electron chi connectivity index (χ0n) is 29.8. The van der Waals surface area contributed by atoms with Crippen LogP contribution in [0.15, 0.2) is 0 Å². The monoisotopic (exact) mass is 702 g/mol. The van der Waals surface area contributed by atoms with Crippen molar-refractivity contribution in [2.45, 2.75) is 155 Å². The quantitative estimate of drug-likeness (QED) is 0.116. The molecule has 0 aliphatic heterocycles. The van der Waals surface area contributed by atoms with Crippen molar-refractivity contribution < 1.29 is 60.0 Å². The minimum atomic E-state index is -4.66. The molecular weight excluding hydrogens is 646 g/mol. The lowest BCUT2D eigenvalue weighted by atomic mass is 9.65. The summed E-state index contributed by atoms with van der Waals surface area (Å²) in [6, 6.07) is 0. The molecule has 13 heteroatoms. The zero-order valence-corrected chi connectivity index (χ0v) is 29.8. The Morgan fingerprint density at radius 2 is 1.40 bits per heavy atom. The minimum absolute atomic E-state index is 0.0117. The fourth-order valence-electron chi connectivity index (χ4n) is 8.17. The van der Waals surface area contributed by atoms with Crippen molar-refractivity contribution in [2.75, 3.05) is 13.7 Å². The lowest BCUT2D eigenvalue weighted by Gasteiger charge is -2.41. The number of alkyl halides is 6. The molecule has 0 heterocycles. The third-order valence-corrected chi connectivity index (χ3v) is 11.1. The van der Waals surface area contributed by atoms with Gasteiger partial charge in [0.25, 0.3) is 0 Å². The van der Waals surface area contributed by atoms with Gasteiger partial charge in [0.2, 0.25) is 0 Å². The van der Waals surface area contributed by atoms with Gasteiger partial charge in [0.05, 0.1) is 23.4 Å². The Morgan fingerprint density at radius 3 is 1.81 bits per heavy atom. The molecule has 3 aliphatic carbocycles. The maximum absolute atomic E-state index is 13.6. The van der Waals surface area contributed by atoms with E-state index in [4.69, 9.17) is 9.47 Å². The molecule has 1 N–H and O–H groups in total. The molecule has 2 bridgehead atoms. The molecule has 3 rings (SSSR count). The summed E-state index contributed by atoms with van der Waals surface area (Å²) in [5.74, 6) is -0.992. The number of hydrogen-bond donors (Lipinski definition) is 1. The van der Waals surface area contributed by atoms with Gasteiger partial charge < -0.3 is 19.3 Å². The molecule has 6 unspecified atom stereocenters. The molecule has 6 atom stereocenters. The smallest absolute Gasteiger partial charge is 0.422 e. The first-order chi connectivity index (χ1) is 21.8. The van der Waals surface area contributed by atoms with Crippen LogP contribution >= 0.6 is 0 Å². The number of aliphatic hydroxyl groups is 1. The van der Waals surface area contributed by atoms with E-state index in [1.165, 1.54) is 27.4 Å². The molecule has 0 spiro atoms. The number of esters is 3. The Balaban J connectivity index is 0.000000439. The number of methoxy groups -OCH3 is 1. The largest absolute Gasteiger partial charge is 0.469 e. The molecule has 280 valence electrons. The van der Waals surface area contributed by atoms with Gasteiger partial charge in [-0.1, -0.05) is 20.3 Å². The number of carbonyl (C=O) groups excluding carboxylic acids is 3. The van der Waals surface area contributed by atoms with Crippen LogP contribution < -0.4 is 0 Å². The van der Waals surface area contributed by atoms with Crippen molar-refractivity contribution >= 4 is 17.9 Å². The average Bonchev–Trinajstić information content (AvgIpc) is 3.72. The van der Waals surface area contributed by atoms with Crippen LogP contribution in [0.2, 0.25) is 0 Å². The van der Waals surface area contributed by atoms with Crippen LogP contribution in [0.1, 0.15) is 132 Å². The van der Waals surface area contributed by atoms with Gasteiger partial charge in [0.1, 0.15) is 5.60 Å². The number of halogens is 6. The Bertz CT molecular complexity index is 1110. The third-order valence-electron chi connectivity index (χ3n) is 11.1. The second kappa shape index (κ2) is 15.5. The van der Waals surface area contributed by atoms with Crippen LogP contribution in [-0.4, -0.2) is 60.3 Å². The molecule has 3 fully saturated rings. The summed E-state index contributed by atoms with van der Waals surface area (Å²) in [5.41, 5.74) is -6.93. The van der Waals surface area contributed by atoms with Crippen LogP contribution in [0.25, 0.3) is 0 Å². The Labute approximate surface area is 281 Å². The summed E-state index contributed by atoms with van der Waals surface area (Å²) in [4.78, 5) is 38.7. The predicted molar refractivity (Wildman–Crippen MR) is 166 cm³/mol. The fourth-order valence-corrected chi connectivity index (χ4v) is 8.17. The average molecular weight is 703 g/mol. The molecule has 7 nitrogen and oxygen atoms in total. The number of ether oxygens (including phenoxy) is 3. The molecule has 48 heavy (non-hydrogen) atoms. The van der Waals surface area contributed by atoms with Crippen LogP contribution in [0.5, 0.6) is 0 Å². The molecule has 0 radical (unpaired) electrons. The molecule has 0 saturated heterocycles. The lowest BCUT2D eigenvalue weighted by molar-refractivity contribution is -0.259. The highest BCUT2D eigenvalue weighted by molar-refractivity contribution is 5.83. The first kappa shape index (κ1) is 42.1. The van der Waals surface area contributed by atoms with Gasteiger partial charge in [-0.25, -0.2) is 0 Å². The van der Waals surface area contributed by atoms with E-state index in [0.717, 1.165) is 51.9 Å². The number of hydrogen-bond acceptors (Lipinski definition) is 7. The summed E-state index contributed by atoms with van der Waals surface area (Å²) >= 11 is 0. The van der Waals surface area contributed by atoms with Gasteiger partial charge in [-0.2, -0.15) is 26.3 Å². The van der Waals surface area contributed by atoms with Crippen molar-refractivity contribution in [3.05, 3.63) is 0 Å². The molecule has 3 saturated carbocycles. The van der Waals surface area contributed by atoms with E-state index in [1.54, 1.807) is 20.8 Å². The summed E-state index contributed by atoms with van der Waals surface area (Å²) in [5, 5.41) is 9.41. The van der Waals surface area contributed by atoms with E-state index in [0.29, 0.717) is 24.7 Å². The summed E-state index contributed by atoms with van der Waals surface area (Å²) < 4.78 is 90.6. The maximum atomic E-state index is 13.6. The van der Waals surface area contributed by atoms with Gasteiger partial charge in [-0.3, -0.25) is 14.4 Å². The van der Waals surface area contributed by atoms with Crippen molar-refractivity contribution in [2.24, 2.45) is 34.0 Å². The van der Waals surface area contributed by atoms with Crippen LogP contribution in [0.4, 0.5) is 26.3 Å². The van der Waals surface area contributed by atoms with Crippen LogP contribution in [0, 0.1) is 34.0 Å². The molecule has 0 amide bonds. The van der Waals surface area contributed by atoms with E-state index in [-0.39, 0.29) is 25.2 Å². The fraction of sp³-hybridized carbons (Fsp3) is 0.914. The second-order valence-corrected chi connectivity index (χ2v) is 15.9. The number of fused-ring (bicyclic) bond motifs is 2. The van der Waals surface area contributed by atoms with Crippen molar-refractivity contribution in [3.8, 4) is 0 Å². The third kappa shape index (κ3) is 10.7. The highest BCUT2D eigenvalue weighted by atomic mass is 19.4. The highest BCUT2D eigenvalue weighted by Crippen LogP contribution is 2.52. The van der Waals surface area contributed by atoms with Gasteiger partial charge >= 0.3 is 30.3 Å². The lowest BCUT2D eigenvalue weighted by Crippen LogP contribution is -2.46. The first-order valence-corrected chi connectivity index (χ1v) is 17.1. The van der Waals surface area contributed by atoms with Crippen molar-refractivity contribution in [1.82, 2.24) is 0 Å². The van der Waals surface area contributed by atoms with Crippen molar-refractivity contribution in [1.29, 1.82) is 0 Å². The van der Waals surface area contributed by atoms with E-state index in [1.807, 2.05) is 6.92 Å². The summed E-state index contributed by atoms with van der Waals surface area (Å²) in [6.07, 6.45) is -0.886. The normalized spacial score (nSPS) is 25.9. The van der Waals surface area contributed by atoms with E-state index in [9.17, 15) is 45.8 Å². The maximum Gasteiger partial charge on any atom is 0.422 e. The van der Waals surface area contributed by atoms with Gasteiger partial charge in [0, 0.05) is 0 Å². The second-order valence-electron chi connectivity index (χ2n) is 15.9. The molecule has 3 aliphatic rings. The Morgan fingerprint density at radius 1 is 0.812 bits per heavy atom. The molecule has 0 aromatic rings. The number of rotatable bonds is 13. The SMILES string of the molecule is CC(O)(CC1CC2CCC1C2)C(F)(F)F.CCC1(OC(=O)C(C)(CC(C)(C)C(=O)OCC(F)(F)F)CC(C)(CC)C(=O)OC)CCCC1. The molecular formula is C35H56F6O7. The highest BCUT2D eigenvalue weighted by Gasteiger charge is 2.54. The van der Waals surface area contributed by atoms with Gasteiger partial charge in [0.15, 0.2) is 12.2 Å². The van der Waals surface area contributed by atoms with Crippen LogP contribution in [0.3, 0.4) is 0 Å². The zero-order chi connectivity index (χ0) is 37.0. The molecule has 0 aromatic carbocycles. The van der Waals surface area contributed by atoms with E-state index < -0.39 is 64.3 Å². The predicted octanol–water partition coefficient (Wildman–Crippen LogP) is 8.89. The Kier molecular flexibility index (Phi) is 13.6. The Hall–Kier alpha value is -2.05. The van der Waals surface area contributed by atoms with Gasteiger partial charge in [-0.15, -0.1) is 0 Å². The van der Waals surface area contributed by atoms with Crippen molar-refractivity contribution in [3.63, 3.8) is 0 Å². The number of carbonyl (C=O) groups is 3. The standard InChI is InChI=1S/C24H39F3O6.C11H17F3O/c1-8-21(5,18(29)31-7)15-22(6,19(30)33-23(9-2)12-10-11-13-23)14-20(3,4)17(28)32-16-24(25,26)27;1-10(15,11(12,13)14)6-9-5-7-2-3-8(9)4-7/h8-16H2,1-7H3;7-9,15H,2-6H2,1H3. The summed E-state index contributed by atoms with van der Waals surface area (Å²) in [6.45, 7) is 9.07. The minimum Gasteiger partial charge on any atom is -0.469 e. The van der Waals surface area contributed by atoms with E-state index in [2.05, 4.69) is 4.74 Å². The first-order valence-electron chi connectivity index (χ1n) is 17.1. The molecule has 0 aromatic heterocycles. The van der Waals surface area contributed by atoms with Gasteiger partial charge in [-0.05, 0) is 129 Å².